The second-order valence-electron chi connectivity index (χ2n) is 8.12. The van der Waals surface area contributed by atoms with Gasteiger partial charge in [0.2, 0.25) is 0 Å². The van der Waals surface area contributed by atoms with E-state index in [1.165, 1.54) is 15.3 Å². The van der Waals surface area contributed by atoms with Crippen LogP contribution in [0, 0.1) is 5.51 Å². The quantitative estimate of drug-likeness (QED) is 0.429. The topological polar surface area (TPSA) is 83.3 Å². The lowest BCUT2D eigenvalue weighted by Crippen LogP contribution is -2.31. The molecule has 1 aliphatic carbocycles. The maximum atomic E-state index is 13.4. The van der Waals surface area contributed by atoms with Crippen LogP contribution in [0.15, 0.2) is 65.1 Å². The highest BCUT2D eigenvalue weighted by atomic mass is 32.2. The molecule has 1 spiro atoms. The number of benzene rings is 1. The van der Waals surface area contributed by atoms with E-state index in [2.05, 4.69) is 21.6 Å². The molecule has 0 atom stereocenters. The lowest BCUT2D eigenvalue weighted by molar-refractivity contribution is -0.159. The fourth-order valence-electron chi connectivity index (χ4n) is 4.49. The molecule has 4 heterocycles. The third-order valence-electron chi connectivity index (χ3n) is 6.20. The van der Waals surface area contributed by atoms with Gasteiger partial charge in [-0.25, -0.2) is 22.4 Å². The van der Waals surface area contributed by atoms with Crippen molar-refractivity contribution in [1.82, 2.24) is 13.9 Å². The molecular weight excluding hydrogens is 458 g/mol. The van der Waals surface area contributed by atoms with Crippen LogP contribution in [0.1, 0.15) is 24.8 Å². The highest BCUT2D eigenvalue weighted by molar-refractivity contribution is 7.90. The van der Waals surface area contributed by atoms with Crippen LogP contribution in [-0.4, -0.2) is 41.4 Å². The zero-order valence-electron chi connectivity index (χ0n) is 17.6. The van der Waals surface area contributed by atoms with Crippen molar-refractivity contribution in [3.8, 4) is 11.3 Å². The normalized spacial score (nSPS) is 18.1. The predicted octanol–water partition coefficient (Wildman–Crippen LogP) is 4.51. The third-order valence-corrected chi connectivity index (χ3v) is 8.40. The second-order valence-corrected chi connectivity index (χ2v) is 10.6. The second kappa shape index (κ2) is 7.88. The Hall–Kier alpha value is -2.85. The van der Waals surface area contributed by atoms with Gasteiger partial charge in [-0.3, -0.25) is 0 Å². The SMILES string of the molecule is O=S(=O)(c1ccccc1)n1cc(-c2cs[c]n2)c2cc(C3=CCC4(CC3)OCCO4)cnc21. The summed E-state index contributed by atoms with van der Waals surface area (Å²) >= 11 is 1.34. The van der Waals surface area contributed by atoms with Gasteiger partial charge in [-0.1, -0.05) is 24.3 Å². The lowest BCUT2D eigenvalue weighted by Gasteiger charge is -2.30. The Bertz CT molecular complexity index is 1450. The van der Waals surface area contributed by atoms with Crippen molar-refractivity contribution in [3.05, 3.63) is 71.3 Å². The average Bonchev–Trinajstić information content (AvgIpc) is 3.60. The molecule has 0 unspecified atom stereocenters. The first-order valence-electron chi connectivity index (χ1n) is 10.7. The largest absolute Gasteiger partial charge is 0.347 e. The van der Waals surface area contributed by atoms with E-state index < -0.39 is 15.8 Å². The molecule has 0 bridgehead atoms. The Morgan fingerprint density at radius 1 is 1.15 bits per heavy atom. The first-order chi connectivity index (χ1) is 16.1. The molecule has 1 saturated heterocycles. The van der Waals surface area contributed by atoms with Crippen LogP contribution < -0.4 is 0 Å². The van der Waals surface area contributed by atoms with E-state index in [1.807, 2.05) is 11.4 Å². The van der Waals surface area contributed by atoms with E-state index in [1.54, 1.807) is 42.7 Å². The smallest absolute Gasteiger partial charge is 0.269 e. The van der Waals surface area contributed by atoms with Crippen molar-refractivity contribution in [2.45, 2.75) is 29.9 Å². The summed E-state index contributed by atoms with van der Waals surface area (Å²) in [6.45, 7) is 1.27. The van der Waals surface area contributed by atoms with Crippen LogP contribution in [0.3, 0.4) is 0 Å². The summed E-state index contributed by atoms with van der Waals surface area (Å²) < 4.78 is 39.7. The monoisotopic (exact) mass is 478 g/mol. The average molecular weight is 479 g/mol. The van der Waals surface area contributed by atoms with Crippen LogP contribution >= 0.6 is 11.3 Å². The molecular formula is C24H20N3O4S2. The molecule has 0 saturated carbocycles. The number of fused-ring (bicyclic) bond motifs is 1. The number of thiazole rings is 1. The minimum Gasteiger partial charge on any atom is -0.347 e. The van der Waals surface area contributed by atoms with Crippen LogP contribution in [0.5, 0.6) is 0 Å². The molecule has 0 amide bonds. The molecule has 167 valence electrons. The summed E-state index contributed by atoms with van der Waals surface area (Å²) in [6.07, 6.45) is 7.78. The van der Waals surface area contributed by atoms with Gasteiger partial charge >= 0.3 is 0 Å². The number of hydrogen-bond acceptors (Lipinski definition) is 7. The number of ether oxygens (including phenoxy) is 2. The van der Waals surface area contributed by atoms with Crippen LogP contribution in [0.4, 0.5) is 0 Å². The number of nitrogens with zero attached hydrogens (tertiary/aromatic N) is 3. The van der Waals surface area contributed by atoms with E-state index in [9.17, 15) is 8.42 Å². The number of hydrogen-bond donors (Lipinski definition) is 0. The Balaban J connectivity index is 1.48. The van der Waals surface area contributed by atoms with E-state index >= 15 is 0 Å². The maximum Gasteiger partial charge on any atom is 0.269 e. The minimum absolute atomic E-state index is 0.209. The summed E-state index contributed by atoms with van der Waals surface area (Å²) in [5, 5.41) is 2.60. The Labute approximate surface area is 195 Å². The van der Waals surface area contributed by atoms with Gasteiger partial charge in [0.15, 0.2) is 16.9 Å². The molecule has 33 heavy (non-hydrogen) atoms. The molecule has 1 fully saturated rings. The molecule has 1 radical (unpaired) electrons. The molecule has 1 aliphatic heterocycles. The van der Waals surface area contributed by atoms with E-state index in [0.717, 1.165) is 29.4 Å². The standard InChI is InChI=1S/C24H20N3O4S2/c28-33(29,19-4-2-1-3-5-19)27-14-21(22-15-32-16-26-22)20-12-18(13-25-23(20)27)17-6-8-24(9-7-17)30-10-11-31-24/h1-6,12-15H,7-11H2. The number of allylic oxidation sites excluding steroid dienone is 1. The molecule has 3 aromatic heterocycles. The molecule has 1 aromatic carbocycles. The number of rotatable bonds is 4. The van der Waals surface area contributed by atoms with Gasteiger partial charge in [0.25, 0.3) is 10.0 Å². The predicted molar refractivity (Wildman–Crippen MR) is 125 cm³/mol. The van der Waals surface area contributed by atoms with Crippen molar-refractivity contribution in [2.75, 3.05) is 13.2 Å². The Kier molecular flexibility index (Phi) is 4.95. The molecule has 9 heteroatoms. The molecule has 6 rings (SSSR count). The van der Waals surface area contributed by atoms with Gasteiger partial charge in [-0.05, 0) is 35.8 Å². The van der Waals surface area contributed by atoms with Gasteiger partial charge in [-0.15, -0.1) is 11.3 Å². The first-order valence-corrected chi connectivity index (χ1v) is 13.0. The number of pyridine rings is 1. The van der Waals surface area contributed by atoms with Gasteiger partial charge < -0.3 is 9.47 Å². The van der Waals surface area contributed by atoms with Crippen molar-refractivity contribution in [2.24, 2.45) is 0 Å². The van der Waals surface area contributed by atoms with Crippen LogP contribution in [0.2, 0.25) is 0 Å². The highest BCUT2D eigenvalue weighted by Gasteiger charge is 2.37. The fraction of sp³-hybridized carbons (Fsp3) is 0.250. The first kappa shape index (κ1) is 20.7. The van der Waals surface area contributed by atoms with Crippen molar-refractivity contribution >= 4 is 38.0 Å². The summed E-state index contributed by atoms with van der Waals surface area (Å²) in [6, 6.07) is 10.4. The Morgan fingerprint density at radius 3 is 2.67 bits per heavy atom. The lowest BCUT2D eigenvalue weighted by atomic mass is 9.90. The number of aromatic nitrogens is 3. The van der Waals surface area contributed by atoms with Crippen molar-refractivity contribution in [3.63, 3.8) is 0 Å². The van der Waals surface area contributed by atoms with E-state index in [-0.39, 0.29) is 4.90 Å². The Morgan fingerprint density at radius 2 is 1.97 bits per heavy atom. The van der Waals surface area contributed by atoms with Crippen molar-refractivity contribution < 1.29 is 17.9 Å². The summed E-state index contributed by atoms with van der Waals surface area (Å²) in [4.78, 5) is 9.13. The van der Waals surface area contributed by atoms with Gasteiger partial charge in [0, 0.05) is 41.6 Å². The minimum atomic E-state index is -3.82. The highest BCUT2D eigenvalue weighted by Crippen LogP contribution is 2.40. The van der Waals surface area contributed by atoms with Crippen LogP contribution in [-0.2, 0) is 19.5 Å². The summed E-state index contributed by atoms with van der Waals surface area (Å²) in [7, 11) is -3.82. The van der Waals surface area contributed by atoms with Crippen LogP contribution in [0.25, 0.3) is 27.9 Å². The zero-order chi connectivity index (χ0) is 22.5. The summed E-state index contributed by atoms with van der Waals surface area (Å²) in [5.74, 6) is -0.490. The molecule has 2 aliphatic rings. The third kappa shape index (κ3) is 3.52. The zero-order valence-corrected chi connectivity index (χ0v) is 19.2. The van der Waals surface area contributed by atoms with Gasteiger partial charge in [-0.2, -0.15) is 0 Å². The van der Waals surface area contributed by atoms with Gasteiger partial charge in [0.05, 0.1) is 23.8 Å². The maximum absolute atomic E-state index is 13.4. The van der Waals surface area contributed by atoms with Crippen molar-refractivity contribution in [1.29, 1.82) is 0 Å². The molecule has 7 nitrogen and oxygen atoms in total. The molecule has 0 N–H and O–H groups in total. The van der Waals surface area contributed by atoms with Gasteiger partial charge in [0.1, 0.15) is 0 Å². The summed E-state index contributed by atoms with van der Waals surface area (Å²) in [5.41, 5.74) is 6.74. The van der Waals surface area contributed by atoms with E-state index in [4.69, 9.17) is 9.47 Å². The molecule has 4 aromatic rings. The fourth-order valence-corrected chi connectivity index (χ4v) is 6.33. The van der Waals surface area contributed by atoms with E-state index in [0.29, 0.717) is 36.5 Å².